The van der Waals surface area contributed by atoms with Gasteiger partial charge in [0.25, 0.3) is 0 Å². The molecule has 10 heteroatoms. The molecule has 26 heavy (non-hydrogen) atoms. The standard InChI is InChI=1S/C16H28N8O.HI/c1-4-17-16(19-7-6-10-25-5-2)20-9-8-18-14-13-11-23-24(3)15(13)22-12-21-14;/h11-12H,4-10H2,1-3H3,(H2,17,19,20)(H,18,21,22);1H. The molecule has 3 N–H and O–H groups in total. The Kier molecular flexibility index (Phi) is 10.9. The molecule has 0 unspecified atom stereocenters. The van der Waals surface area contributed by atoms with E-state index in [4.69, 9.17) is 4.74 Å². The molecule has 0 aliphatic carbocycles. The molecular formula is C16H29IN8O. The molecule has 2 rings (SSSR count). The molecule has 2 aromatic heterocycles. The van der Waals surface area contributed by atoms with Crippen LogP contribution in [0.3, 0.4) is 0 Å². The topological polar surface area (TPSA) is 101 Å². The van der Waals surface area contributed by atoms with Crippen molar-refractivity contribution in [1.82, 2.24) is 30.4 Å². The Bertz CT molecular complexity index is 675. The molecule has 0 aliphatic heterocycles. The monoisotopic (exact) mass is 476 g/mol. The first-order valence-corrected chi connectivity index (χ1v) is 8.72. The molecule has 9 nitrogen and oxygen atoms in total. The first-order chi connectivity index (χ1) is 12.3. The van der Waals surface area contributed by atoms with E-state index in [0.29, 0.717) is 6.54 Å². The van der Waals surface area contributed by atoms with Gasteiger partial charge in [-0.05, 0) is 20.3 Å². The Morgan fingerprint density at radius 3 is 2.85 bits per heavy atom. The summed E-state index contributed by atoms with van der Waals surface area (Å²) < 4.78 is 7.06. The number of fused-ring (bicyclic) bond motifs is 1. The van der Waals surface area contributed by atoms with Crippen LogP contribution in [0.1, 0.15) is 20.3 Å². The van der Waals surface area contributed by atoms with Crippen molar-refractivity contribution in [2.45, 2.75) is 20.3 Å². The van der Waals surface area contributed by atoms with Crippen molar-refractivity contribution in [2.75, 3.05) is 44.7 Å². The van der Waals surface area contributed by atoms with Crippen LogP contribution in [0.25, 0.3) is 11.0 Å². The van der Waals surface area contributed by atoms with Gasteiger partial charge in [0.1, 0.15) is 12.1 Å². The lowest BCUT2D eigenvalue weighted by Gasteiger charge is -2.12. The number of aryl methyl sites for hydroxylation is 1. The number of halogens is 1. The third-order valence-electron chi connectivity index (χ3n) is 3.50. The predicted octanol–water partition coefficient (Wildman–Crippen LogP) is 1.37. The summed E-state index contributed by atoms with van der Waals surface area (Å²) >= 11 is 0. The van der Waals surface area contributed by atoms with Gasteiger partial charge in [-0.15, -0.1) is 24.0 Å². The molecule has 2 heterocycles. The number of ether oxygens (including phenoxy) is 1. The van der Waals surface area contributed by atoms with E-state index in [1.807, 2.05) is 14.0 Å². The molecule has 0 atom stereocenters. The Morgan fingerprint density at radius 1 is 1.23 bits per heavy atom. The molecule has 0 radical (unpaired) electrons. The minimum absolute atomic E-state index is 0. The molecule has 0 spiro atoms. The van der Waals surface area contributed by atoms with Crippen LogP contribution in [-0.2, 0) is 11.8 Å². The zero-order valence-corrected chi connectivity index (χ0v) is 18.0. The van der Waals surface area contributed by atoms with Crippen molar-refractivity contribution < 1.29 is 4.74 Å². The molecule has 0 aromatic carbocycles. The zero-order valence-electron chi connectivity index (χ0n) is 15.7. The average Bonchev–Trinajstić information content (AvgIpc) is 3.00. The predicted molar refractivity (Wildman–Crippen MR) is 115 cm³/mol. The summed E-state index contributed by atoms with van der Waals surface area (Å²) in [7, 11) is 1.87. The quantitative estimate of drug-likeness (QED) is 0.206. The van der Waals surface area contributed by atoms with Crippen molar-refractivity contribution in [1.29, 1.82) is 0 Å². The summed E-state index contributed by atoms with van der Waals surface area (Å²) in [5.74, 6) is 1.61. The maximum absolute atomic E-state index is 5.32. The van der Waals surface area contributed by atoms with Crippen LogP contribution < -0.4 is 16.0 Å². The SMILES string of the molecule is CCNC(=NCCCOCC)NCCNc1ncnc2c1cnn2C.I. The van der Waals surface area contributed by atoms with Crippen LogP contribution in [0.2, 0.25) is 0 Å². The fraction of sp³-hybridized carbons (Fsp3) is 0.625. The van der Waals surface area contributed by atoms with Crippen LogP contribution in [0.15, 0.2) is 17.5 Å². The Balaban J connectivity index is 0.00000338. The maximum atomic E-state index is 5.32. The van der Waals surface area contributed by atoms with Gasteiger partial charge in [0.2, 0.25) is 0 Å². The highest BCUT2D eigenvalue weighted by Crippen LogP contribution is 2.16. The maximum Gasteiger partial charge on any atom is 0.191 e. The first kappa shape index (κ1) is 22.4. The highest BCUT2D eigenvalue weighted by Gasteiger charge is 2.06. The van der Waals surface area contributed by atoms with E-state index in [2.05, 4.69) is 42.9 Å². The van der Waals surface area contributed by atoms with E-state index >= 15 is 0 Å². The van der Waals surface area contributed by atoms with Gasteiger partial charge in [-0.3, -0.25) is 9.67 Å². The van der Waals surface area contributed by atoms with Crippen molar-refractivity contribution in [3.8, 4) is 0 Å². The first-order valence-electron chi connectivity index (χ1n) is 8.72. The van der Waals surface area contributed by atoms with Gasteiger partial charge < -0.3 is 20.7 Å². The summed E-state index contributed by atoms with van der Waals surface area (Å²) in [5.41, 5.74) is 0.814. The lowest BCUT2D eigenvalue weighted by atomic mass is 10.4. The number of rotatable bonds is 10. The molecule has 0 saturated carbocycles. The number of nitrogens with zero attached hydrogens (tertiary/aromatic N) is 5. The summed E-state index contributed by atoms with van der Waals surface area (Å²) in [4.78, 5) is 13.1. The lowest BCUT2D eigenvalue weighted by Crippen LogP contribution is -2.39. The minimum Gasteiger partial charge on any atom is -0.382 e. The smallest absolute Gasteiger partial charge is 0.191 e. The molecular weight excluding hydrogens is 447 g/mol. The molecule has 0 saturated heterocycles. The van der Waals surface area contributed by atoms with Crippen LogP contribution in [-0.4, -0.2) is 65.1 Å². The number of hydrogen-bond donors (Lipinski definition) is 3. The number of hydrogen-bond acceptors (Lipinski definition) is 6. The van der Waals surface area contributed by atoms with E-state index in [0.717, 1.165) is 62.1 Å². The van der Waals surface area contributed by atoms with E-state index in [9.17, 15) is 0 Å². The average molecular weight is 476 g/mol. The fourth-order valence-corrected chi connectivity index (χ4v) is 2.31. The molecule has 0 bridgehead atoms. The largest absolute Gasteiger partial charge is 0.382 e. The molecule has 146 valence electrons. The molecule has 2 aromatic rings. The zero-order chi connectivity index (χ0) is 17.9. The molecule has 0 aliphatic rings. The third kappa shape index (κ3) is 6.90. The molecule has 0 amide bonds. The summed E-state index contributed by atoms with van der Waals surface area (Å²) in [6, 6.07) is 0. The van der Waals surface area contributed by atoms with E-state index < -0.39 is 0 Å². The second-order valence-electron chi connectivity index (χ2n) is 5.39. The van der Waals surface area contributed by atoms with Crippen LogP contribution in [0.5, 0.6) is 0 Å². The van der Waals surface area contributed by atoms with Crippen molar-refractivity contribution >= 4 is 46.8 Å². The van der Waals surface area contributed by atoms with Crippen LogP contribution in [0.4, 0.5) is 5.82 Å². The highest BCUT2D eigenvalue weighted by molar-refractivity contribution is 14.0. The van der Waals surface area contributed by atoms with Crippen molar-refractivity contribution in [2.24, 2.45) is 12.0 Å². The second kappa shape index (κ2) is 12.6. The van der Waals surface area contributed by atoms with Gasteiger partial charge in [0, 0.05) is 46.4 Å². The van der Waals surface area contributed by atoms with E-state index in [1.165, 1.54) is 0 Å². The summed E-state index contributed by atoms with van der Waals surface area (Å²) in [6.45, 7) is 8.55. The minimum atomic E-state index is 0. The van der Waals surface area contributed by atoms with Gasteiger partial charge in [-0.1, -0.05) is 0 Å². The molecule has 0 fully saturated rings. The normalized spacial score (nSPS) is 11.3. The Labute approximate surface area is 171 Å². The number of guanidine groups is 1. The number of aromatic nitrogens is 4. The van der Waals surface area contributed by atoms with Gasteiger partial charge in [0.05, 0.1) is 11.6 Å². The highest BCUT2D eigenvalue weighted by atomic mass is 127. The van der Waals surface area contributed by atoms with Crippen molar-refractivity contribution in [3.05, 3.63) is 12.5 Å². The summed E-state index contributed by atoms with van der Waals surface area (Å²) in [6.07, 6.45) is 4.24. The fourth-order valence-electron chi connectivity index (χ4n) is 2.31. The second-order valence-corrected chi connectivity index (χ2v) is 5.39. The number of nitrogens with one attached hydrogen (secondary N) is 3. The van der Waals surface area contributed by atoms with Gasteiger partial charge in [-0.2, -0.15) is 5.10 Å². The van der Waals surface area contributed by atoms with Crippen LogP contribution in [0, 0.1) is 0 Å². The Hall–Kier alpha value is -1.69. The van der Waals surface area contributed by atoms with E-state index in [-0.39, 0.29) is 24.0 Å². The van der Waals surface area contributed by atoms with Gasteiger partial charge in [0.15, 0.2) is 11.6 Å². The van der Waals surface area contributed by atoms with Crippen molar-refractivity contribution in [3.63, 3.8) is 0 Å². The number of anilines is 1. The lowest BCUT2D eigenvalue weighted by molar-refractivity contribution is 0.146. The van der Waals surface area contributed by atoms with Gasteiger partial charge in [-0.25, -0.2) is 9.97 Å². The van der Waals surface area contributed by atoms with Gasteiger partial charge >= 0.3 is 0 Å². The van der Waals surface area contributed by atoms with E-state index in [1.54, 1.807) is 17.2 Å². The summed E-state index contributed by atoms with van der Waals surface area (Å²) in [5, 5.41) is 15.0. The Morgan fingerprint density at radius 2 is 2.08 bits per heavy atom. The third-order valence-corrected chi connectivity index (χ3v) is 3.50. The number of aliphatic imine (C=N–C) groups is 1. The van der Waals surface area contributed by atoms with Crippen LogP contribution >= 0.6 is 24.0 Å².